The van der Waals surface area contributed by atoms with Gasteiger partial charge in [0.1, 0.15) is 11.5 Å². The maximum absolute atomic E-state index is 5.96. The average molecular weight is 278 g/mol. The van der Waals surface area contributed by atoms with Gasteiger partial charge in [-0.15, -0.1) is 0 Å². The molecule has 0 unspecified atom stereocenters. The third kappa shape index (κ3) is 3.03. The summed E-state index contributed by atoms with van der Waals surface area (Å²) in [6.45, 7) is 2.05. The molecule has 3 aromatic rings. The van der Waals surface area contributed by atoms with Gasteiger partial charge in [0.05, 0.1) is 11.9 Å². The molecule has 0 bridgehead atoms. The number of hydrogen-bond donors (Lipinski definition) is 1. The van der Waals surface area contributed by atoms with Crippen LogP contribution in [-0.2, 0) is 0 Å². The second-order valence-electron chi connectivity index (χ2n) is 5.04. The molecule has 2 aromatic carbocycles. The summed E-state index contributed by atoms with van der Waals surface area (Å²) in [5.74, 6) is 1.53. The Bertz CT molecular complexity index is 738. The quantitative estimate of drug-likeness (QED) is 0.767. The highest BCUT2D eigenvalue weighted by atomic mass is 16.5. The molecule has 106 valence electrons. The van der Waals surface area contributed by atoms with Gasteiger partial charge in [0.15, 0.2) is 0 Å². The molecule has 21 heavy (non-hydrogen) atoms. The zero-order valence-corrected chi connectivity index (χ0v) is 12.0. The molecule has 0 spiro atoms. The van der Waals surface area contributed by atoms with Crippen molar-refractivity contribution in [2.24, 2.45) is 5.73 Å². The molecule has 0 radical (unpaired) electrons. The molecule has 3 heteroatoms. The Morgan fingerprint density at radius 2 is 1.76 bits per heavy atom. The van der Waals surface area contributed by atoms with E-state index in [2.05, 4.69) is 23.2 Å². The highest BCUT2D eigenvalue weighted by Gasteiger charge is 2.05. The number of rotatable bonds is 4. The Morgan fingerprint density at radius 3 is 2.48 bits per heavy atom. The fourth-order valence-corrected chi connectivity index (χ4v) is 2.25. The summed E-state index contributed by atoms with van der Waals surface area (Å²) < 4.78 is 5.85. The maximum atomic E-state index is 5.96. The number of benzene rings is 2. The SMILES string of the molecule is CC[C@H](N)c1ccc(Oc2ccc3ccccc3c2)cn1. The van der Waals surface area contributed by atoms with E-state index in [-0.39, 0.29) is 6.04 Å². The Balaban J connectivity index is 1.81. The maximum Gasteiger partial charge on any atom is 0.145 e. The molecule has 0 aliphatic rings. The molecule has 0 saturated carbocycles. The molecule has 2 N–H and O–H groups in total. The van der Waals surface area contributed by atoms with Gasteiger partial charge in [0, 0.05) is 6.04 Å². The van der Waals surface area contributed by atoms with Crippen molar-refractivity contribution < 1.29 is 4.74 Å². The lowest BCUT2D eigenvalue weighted by Gasteiger charge is -2.10. The van der Waals surface area contributed by atoms with E-state index in [0.29, 0.717) is 0 Å². The van der Waals surface area contributed by atoms with Crippen LogP contribution in [0.15, 0.2) is 60.8 Å². The Morgan fingerprint density at radius 1 is 1.00 bits per heavy atom. The van der Waals surface area contributed by atoms with E-state index < -0.39 is 0 Å². The summed E-state index contributed by atoms with van der Waals surface area (Å²) >= 11 is 0. The summed E-state index contributed by atoms with van der Waals surface area (Å²) in [5.41, 5.74) is 6.85. The highest BCUT2D eigenvalue weighted by molar-refractivity contribution is 5.83. The van der Waals surface area contributed by atoms with Crippen LogP contribution in [0.25, 0.3) is 10.8 Å². The van der Waals surface area contributed by atoms with Crippen LogP contribution < -0.4 is 10.5 Å². The van der Waals surface area contributed by atoms with Gasteiger partial charge < -0.3 is 10.5 Å². The van der Waals surface area contributed by atoms with E-state index in [0.717, 1.165) is 29.0 Å². The van der Waals surface area contributed by atoms with Gasteiger partial charge in [0.2, 0.25) is 0 Å². The molecule has 3 rings (SSSR count). The molecule has 0 aliphatic heterocycles. The van der Waals surface area contributed by atoms with Gasteiger partial charge in [-0.2, -0.15) is 0 Å². The number of ether oxygens (including phenoxy) is 1. The van der Waals surface area contributed by atoms with Crippen LogP contribution in [0.2, 0.25) is 0 Å². The van der Waals surface area contributed by atoms with Gasteiger partial charge >= 0.3 is 0 Å². The zero-order chi connectivity index (χ0) is 14.7. The van der Waals surface area contributed by atoms with E-state index in [4.69, 9.17) is 10.5 Å². The minimum absolute atomic E-state index is 0.0141. The Kier molecular flexibility index (Phi) is 3.84. The topological polar surface area (TPSA) is 48.1 Å². The molecule has 0 fully saturated rings. The molecule has 0 amide bonds. The summed E-state index contributed by atoms with van der Waals surface area (Å²) in [4.78, 5) is 4.36. The third-order valence-electron chi connectivity index (χ3n) is 3.54. The predicted molar refractivity (Wildman–Crippen MR) is 85.5 cm³/mol. The molecule has 1 aromatic heterocycles. The van der Waals surface area contributed by atoms with Crippen LogP contribution in [0, 0.1) is 0 Å². The first-order valence-electron chi connectivity index (χ1n) is 7.14. The van der Waals surface area contributed by atoms with Gasteiger partial charge in [-0.05, 0) is 41.5 Å². The van der Waals surface area contributed by atoms with Crippen molar-refractivity contribution in [3.05, 3.63) is 66.5 Å². The van der Waals surface area contributed by atoms with Gasteiger partial charge in [-0.25, -0.2) is 0 Å². The lowest BCUT2D eigenvalue weighted by Crippen LogP contribution is -2.10. The predicted octanol–water partition coefficient (Wildman–Crippen LogP) is 4.44. The summed E-state index contributed by atoms with van der Waals surface area (Å²) in [5, 5.41) is 2.36. The second-order valence-corrected chi connectivity index (χ2v) is 5.04. The summed E-state index contributed by atoms with van der Waals surface area (Å²) in [6, 6.07) is 18.1. The summed E-state index contributed by atoms with van der Waals surface area (Å²) in [6.07, 6.45) is 2.60. The zero-order valence-electron chi connectivity index (χ0n) is 12.0. The van der Waals surface area contributed by atoms with Crippen LogP contribution in [0.4, 0.5) is 0 Å². The van der Waals surface area contributed by atoms with Crippen molar-refractivity contribution in [2.45, 2.75) is 19.4 Å². The first kappa shape index (κ1) is 13.6. The lowest BCUT2D eigenvalue weighted by molar-refractivity contribution is 0.479. The lowest BCUT2D eigenvalue weighted by atomic mass is 10.1. The van der Waals surface area contributed by atoms with E-state index in [1.165, 1.54) is 5.39 Å². The number of aromatic nitrogens is 1. The Hall–Kier alpha value is -2.39. The van der Waals surface area contributed by atoms with Crippen LogP contribution in [0.1, 0.15) is 25.1 Å². The third-order valence-corrected chi connectivity index (χ3v) is 3.54. The average Bonchev–Trinajstić information content (AvgIpc) is 2.55. The van der Waals surface area contributed by atoms with Crippen molar-refractivity contribution in [1.82, 2.24) is 4.98 Å². The fraction of sp³-hybridized carbons (Fsp3) is 0.167. The van der Waals surface area contributed by atoms with Crippen LogP contribution >= 0.6 is 0 Å². The number of fused-ring (bicyclic) bond motifs is 1. The number of hydrogen-bond acceptors (Lipinski definition) is 3. The minimum Gasteiger partial charge on any atom is -0.456 e. The van der Waals surface area contributed by atoms with Gasteiger partial charge in [0.25, 0.3) is 0 Å². The van der Waals surface area contributed by atoms with E-state index in [1.54, 1.807) is 6.20 Å². The number of nitrogens with two attached hydrogens (primary N) is 1. The normalized spacial score (nSPS) is 12.3. The van der Waals surface area contributed by atoms with Crippen LogP contribution in [0.5, 0.6) is 11.5 Å². The smallest absolute Gasteiger partial charge is 0.145 e. The molecule has 3 nitrogen and oxygen atoms in total. The van der Waals surface area contributed by atoms with E-state index in [9.17, 15) is 0 Å². The molecule has 1 heterocycles. The molecular weight excluding hydrogens is 260 g/mol. The van der Waals surface area contributed by atoms with Crippen LogP contribution in [-0.4, -0.2) is 4.98 Å². The number of nitrogens with zero attached hydrogens (tertiary/aromatic N) is 1. The standard InChI is InChI=1S/C18H18N2O/c1-2-17(19)18-10-9-16(12-20-18)21-15-8-7-13-5-3-4-6-14(13)11-15/h3-12,17H,2,19H2,1H3/t17-/m0/s1. The highest BCUT2D eigenvalue weighted by Crippen LogP contribution is 2.25. The van der Waals surface area contributed by atoms with Crippen LogP contribution in [0.3, 0.4) is 0 Å². The van der Waals surface area contributed by atoms with Crippen molar-refractivity contribution in [3.63, 3.8) is 0 Å². The van der Waals surface area contributed by atoms with Crippen molar-refractivity contribution in [1.29, 1.82) is 0 Å². The van der Waals surface area contributed by atoms with Crippen molar-refractivity contribution >= 4 is 10.8 Å². The largest absolute Gasteiger partial charge is 0.456 e. The Labute approximate surface area is 124 Å². The molecule has 0 aliphatic carbocycles. The van der Waals surface area contributed by atoms with Gasteiger partial charge in [-0.3, -0.25) is 4.98 Å². The fourth-order valence-electron chi connectivity index (χ4n) is 2.25. The first-order valence-corrected chi connectivity index (χ1v) is 7.14. The monoisotopic (exact) mass is 278 g/mol. The van der Waals surface area contributed by atoms with Gasteiger partial charge in [-0.1, -0.05) is 37.3 Å². The summed E-state index contributed by atoms with van der Waals surface area (Å²) in [7, 11) is 0. The first-order chi connectivity index (χ1) is 10.3. The number of pyridine rings is 1. The van der Waals surface area contributed by atoms with E-state index in [1.807, 2.05) is 43.3 Å². The molecule has 0 saturated heterocycles. The molecular formula is C18H18N2O. The van der Waals surface area contributed by atoms with Crippen molar-refractivity contribution in [3.8, 4) is 11.5 Å². The molecule has 1 atom stereocenters. The minimum atomic E-state index is -0.0141. The second kappa shape index (κ2) is 5.94. The van der Waals surface area contributed by atoms with E-state index >= 15 is 0 Å². The van der Waals surface area contributed by atoms with Crippen molar-refractivity contribution in [2.75, 3.05) is 0 Å².